The Morgan fingerprint density at radius 1 is 1.00 bits per heavy atom. The van der Waals surface area contributed by atoms with Crippen LogP contribution in [0.5, 0.6) is 0 Å². The molecule has 5 nitrogen and oxygen atoms in total. The molecule has 0 atom stereocenters. The van der Waals surface area contributed by atoms with Gasteiger partial charge < -0.3 is 9.73 Å². The third-order valence-corrected chi connectivity index (χ3v) is 4.38. The number of nitrogens with one attached hydrogen (secondary N) is 1. The van der Waals surface area contributed by atoms with Gasteiger partial charge in [0, 0.05) is 26.6 Å². The van der Waals surface area contributed by atoms with Crippen LogP contribution in [0, 0.1) is 3.57 Å². The molecule has 2 aromatic heterocycles. The fourth-order valence-electron chi connectivity index (χ4n) is 2.39. The maximum absolute atomic E-state index is 12.2. The lowest BCUT2D eigenvalue weighted by Gasteiger charge is -2.06. The molecule has 0 saturated carbocycles. The molecule has 1 amide bonds. The van der Waals surface area contributed by atoms with Crippen LogP contribution in [0.15, 0.2) is 71.3 Å². The smallest absolute Gasteiger partial charge is 0.255 e. The largest absolute Gasteiger partial charge is 0.434 e. The van der Waals surface area contributed by atoms with Crippen LogP contribution in [0.4, 0.5) is 5.69 Å². The van der Waals surface area contributed by atoms with Crippen molar-refractivity contribution in [2.45, 2.75) is 0 Å². The molecule has 0 fully saturated rings. The van der Waals surface area contributed by atoms with Gasteiger partial charge in [-0.05, 0) is 83.3 Å². The summed E-state index contributed by atoms with van der Waals surface area (Å²) in [6.45, 7) is 0. The van der Waals surface area contributed by atoms with E-state index in [1.807, 2.05) is 42.5 Å². The maximum atomic E-state index is 12.2. The second kappa shape index (κ2) is 6.64. The highest BCUT2D eigenvalue weighted by Gasteiger charge is 2.10. The molecule has 0 bridgehead atoms. The summed E-state index contributed by atoms with van der Waals surface area (Å²) < 4.78 is 6.78. The van der Waals surface area contributed by atoms with Gasteiger partial charge >= 0.3 is 0 Å². The van der Waals surface area contributed by atoms with Crippen LogP contribution in [0.2, 0.25) is 0 Å². The first kappa shape index (κ1) is 15.8. The molecule has 6 heteroatoms. The van der Waals surface area contributed by atoms with E-state index in [4.69, 9.17) is 4.42 Å². The fraction of sp³-hybridized carbons (Fsp3) is 0. The van der Waals surface area contributed by atoms with Gasteiger partial charge in [-0.2, -0.15) is 4.98 Å². The number of fused-ring (bicyclic) bond motifs is 1. The molecule has 4 aromatic rings. The van der Waals surface area contributed by atoms with Crippen molar-refractivity contribution < 1.29 is 9.21 Å². The minimum absolute atomic E-state index is 0.143. The van der Waals surface area contributed by atoms with Crippen molar-refractivity contribution >= 4 is 45.4 Å². The second-order valence-electron chi connectivity index (χ2n) is 5.38. The zero-order valence-electron chi connectivity index (χ0n) is 12.9. The number of hydrogen-bond donors (Lipinski definition) is 1. The number of nitrogens with zero attached hydrogens (tertiary/aromatic N) is 2. The molecule has 0 saturated heterocycles. The summed E-state index contributed by atoms with van der Waals surface area (Å²) >= 11 is 2.21. The number of aromatic nitrogens is 2. The lowest BCUT2D eigenvalue weighted by atomic mass is 10.2. The lowest BCUT2D eigenvalue weighted by Crippen LogP contribution is -2.11. The van der Waals surface area contributed by atoms with E-state index in [2.05, 4.69) is 37.9 Å². The van der Waals surface area contributed by atoms with E-state index in [0.29, 0.717) is 28.4 Å². The van der Waals surface area contributed by atoms with E-state index in [9.17, 15) is 4.79 Å². The molecule has 0 aliphatic rings. The van der Waals surface area contributed by atoms with Gasteiger partial charge in [-0.1, -0.05) is 0 Å². The van der Waals surface area contributed by atoms with Crippen LogP contribution < -0.4 is 5.32 Å². The molecule has 25 heavy (non-hydrogen) atoms. The molecule has 4 rings (SSSR count). The summed E-state index contributed by atoms with van der Waals surface area (Å²) in [5.41, 5.74) is 3.38. The molecular weight excluding hydrogens is 429 g/mol. The van der Waals surface area contributed by atoms with Crippen molar-refractivity contribution in [2.24, 2.45) is 0 Å². The average Bonchev–Trinajstić information content (AvgIpc) is 3.07. The first-order valence-electron chi connectivity index (χ1n) is 7.58. The van der Waals surface area contributed by atoms with Gasteiger partial charge in [-0.25, -0.2) is 4.98 Å². The SMILES string of the molecule is O=C(Nc1ccc(-c2nc3ncccc3o2)cc1)c1ccc(I)cc1. The third kappa shape index (κ3) is 3.39. The average molecular weight is 441 g/mol. The minimum atomic E-state index is -0.143. The Bertz CT molecular complexity index is 1010. The van der Waals surface area contributed by atoms with E-state index in [1.165, 1.54) is 0 Å². The Labute approximate surface area is 157 Å². The van der Waals surface area contributed by atoms with Gasteiger partial charge in [-0.3, -0.25) is 4.79 Å². The van der Waals surface area contributed by atoms with Crippen LogP contribution in [-0.2, 0) is 0 Å². The molecule has 2 heterocycles. The van der Waals surface area contributed by atoms with Crippen LogP contribution in [0.3, 0.4) is 0 Å². The minimum Gasteiger partial charge on any atom is -0.434 e. The molecule has 0 aliphatic heterocycles. The molecule has 0 radical (unpaired) electrons. The molecular formula is C19H12IN3O2. The van der Waals surface area contributed by atoms with Gasteiger partial charge in [0.25, 0.3) is 5.91 Å². The second-order valence-corrected chi connectivity index (χ2v) is 6.63. The number of amides is 1. The zero-order chi connectivity index (χ0) is 17.2. The van der Waals surface area contributed by atoms with Crippen LogP contribution in [0.1, 0.15) is 10.4 Å². The molecule has 2 aromatic carbocycles. The number of benzene rings is 2. The number of rotatable bonds is 3. The highest BCUT2D eigenvalue weighted by molar-refractivity contribution is 14.1. The molecule has 0 aliphatic carbocycles. The van der Waals surface area contributed by atoms with Gasteiger partial charge in [-0.15, -0.1) is 0 Å². The molecule has 0 spiro atoms. The summed E-state index contributed by atoms with van der Waals surface area (Å²) in [5, 5.41) is 2.88. The predicted molar refractivity (Wildman–Crippen MR) is 104 cm³/mol. The number of halogens is 1. The monoisotopic (exact) mass is 441 g/mol. The van der Waals surface area contributed by atoms with Crippen molar-refractivity contribution in [3.8, 4) is 11.5 Å². The molecule has 122 valence electrons. The van der Waals surface area contributed by atoms with Gasteiger partial charge in [0.1, 0.15) is 0 Å². The van der Waals surface area contributed by atoms with Gasteiger partial charge in [0.15, 0.2) is 11.2 Å². The number of pyridine rings is 1. The Morgan fingerprint density at radius 2 is 1.76 bits per heavy atom. The van der Waals surface area contributed by atoms with Crippen molar-refractivity contribution in [3.05, 3.63) is 76.0 Å². The van der Waals surface area contributed by atoms with Crippen LogP contribution in [0.25, 0.3) is 22.7 Å². The lowest BCUT2D eigenvalue weighted by molar-refractivity contribution is 0.102. The van der Waals surface area contributed by atoms with Crippen molar-refractivity contribution in [1.82, 2.24) is 9.97 Å². The Kier molecular flexibility index (Phi) is 4.19. The Morgan fingerprint density at radius 3 is 2.48 bits per heavy atom. The number of oxazole rings is 1. The highest BCUT2D eigenvalue weighted by atomic mass is 127. The van der Waals surface area contributed by atoms with Crippen molar-refractivity contribution in [3.63, 3.8) is 0 Å². The maximum Gasteiger partial charge on any atom is 0.255 e. The van der Waals surface area contributed by atoms with Crippen molar-refractivity contribution in [1.29, 1.82) is 0 Å². The normalized spacial score (nSPS) is 10.8. The number of anilines is 1. The summed E-state index contributed by atoms with van der Waals surface area (Å²) in [7, 11) is 0. The fourth-order valence-corrected chi connectivity index (χ4v) is 2.75. The Hall–Kier alpha value is -2.74. The van der Waals surface area contributed by atoms with E-state index in [-0.39, 0.29) is 5.91 Å². The van der Waals surface area contributed by atoms with Crippen molar-refractivity contribution in [2.75, 3.05) is 5.32 Å². The molecule has 1 N–H and O–H groups in total. The standard InChI is InChI=1S/C19H12IN3O2/c20-14-7-3-12(4-8-14)18(24)22-15-9-5-13(6-10-15)19-23-17-16(25-19)2-1-11-21-17/h1-11H,(H,22,24). The van der Waals surface area contributed by atoms with E-state index >= 15 is 0 Å². The highest BCUT2D eigenvalue weighted by Crippen LogP contribution is 2.24. The molecule has 0 unspecified atom stereocenters. The summed E-state index contributed by atoms with van der Waals surface area (Å²) in [5.74, 6) is 0.361. The Balaban J connectivity index is 1.53. The van der Waals surface area contributed by atoms with Crippen LogP contribution in [-0.4, -0.2) is 15.9 Å². The summed E-state index contributed by atoms with van der Waals surface area (Å²) in [6, 6.07) is 18.4. The number of carbonyl (C=O) groups excluding carboxylic acids is 1. The third-order valence-electron chi connectivity index (χ3n) is 3.66. The van der Waals surface area contributed by atoms with Gasteiger partial charge in [0.05, 0.1) is 0 Å². The first-order valence-corrected chi connectivity index (χ1v) is 8.66. The number of carbonyl (C=O) groups is 1. The topological polar surface area (TPSA) is 68.0 Å². The predicted octanol–water partition coefficient (Wildman–Crippen LogP) is 4.75. The van der Waals surface area contributed by atoms with E-state index < -0.39 is 0 Å². The summed E-state index contributed by atoms with van der Waals surface area (Å²) in [4.78, 5) is 20.8. The van der Waals surface area contributed by atoms with E-state index in [0.717, 1.165) is 9.13 Å². The first-order chi connectivity index (χ1) is 12.2. The van der Waals surface area contributed by atoms with Crippen LogP contribution >= 0.6 is 22.6 Å². The number of hydrogen-bond acceptors (Lipinski definition) is 4. The van der Waals surface area contributed by atoms with E-state index in [1.54, 1.807) is 24.4 Å². The zero-order valence-corrected chi connectivity index (χ0v) is 15.1. The summed E-state index contributed by atoms with van der Waals surface area (Å²) in [6.07, 6.45) is 1.68. The van der Waals surface area contributed by atoms with Gasteiger partial charge in [0.2, 0.25) is 5.89 Å². The quantitative estimate of drug-likeness (QED) is 0.466.